The molecule has 1 aliphatic rings. The summed E-state index contributed by atoms with van der Waals surface area (Å²) in [5.41, 5.74) is 4.08. The maximum absolute atomic E-state index is 13.0. The molecule has 1 aliphatic heterocycles. The van der Waals surface area contributed by atoms with Gasteiger partial charge in [-0.25, -0.2) is 0 Å². The average Bonchev–Trinajstić information content (AvgIpc) is 3.39. The van der Waals surface area contributed by atoms with Crippen LogP contribution in [-0.2, 0) is 16.1 Å². The van der Waals surface area contributed by atoms with E-state index in [2.05, 4.69) is 19.8 Å². The van der Waals surface area contributed by atoms with E-state index in [0.29, 0.717) is 16.2 Å². The van der Waals surface area contributed by atoms with Gasteiger partial charge in [0.05, 0.1) is 16.7 Å². The summed E-state index contributed by atoms with van der Waals surface area (Å²) in [5.74, 6) is -0.764. The van der Waals surface area contributed by atoms with Crippen LogP contribution < -0.4 is 5.32 Å². The van der Waals surface area contributed by atoms with Crippen molar-refractivity contribution in [3.8, 4) is 0 Å². The summed E-state index contributed by atoms with van der Waals surface area (Å²) in [6.45, 7) is 1.56. The van der Waals surface area contributed by atoms with Crippen LogP contribution in [-0.4, -0.2) is 46.9 Å². The molecule has 0 aliphatic carbocycles. The summed E-state index contributed by atoms with van der Waals surface area (Å²) in [6.07, 6.45) is 3.74. The Balaban J connectivity index is 1.77. The Labute approximate surface area is 184 Å². The second kappa shape index (κ2) is 7.41. The zero-order chi connectivity index (χ0) is 21.7. The molecule has 0 saturated carbocycles. The highest BCUT2D eigenvalue weighted by Crippen LogP contribution is 2.38. The largest absolute Gasteiger partial charge is 0.361 e. The molecule has 2 amide bonds. The van der Waals surface area contributed by atoms with Crippen LogP contribution in [0.4, 0.5) is 0 Å². The Morgan fingerprint density at radius 2 is 1.71 bits per heavy atom. The van der Waals surface area contributed by atoms with E-state index >= 15 is 0 Å². The van der Waals surface area contributed by atoms with Gasteiger partial charge in [-0.3, -0.25) is 14.9 Å². The second-order valence-electron chi connectivity index (χ2n) is 7.98. The van der Waals surface area contributed by atoms with Crippen molar-refractivity contribution in [2.45, 2.75) is 6.54 Å². The fraction of sp³-hybridized carbons (Fsp3) is 0.167. The number of H-pyrrole nitrogens is 1. The van der Waals surface area contributed by atoms with Crippen molar-refractivity contribution in [3.05, 3.63) is 71.0 Å². The highest BCUT2D eigenvalue weighted by Gasteiger charge is 2.35. The number of aromatic amines is 1. The van der Waals surface area contributed by atoms with E-state index in [1.807, 2.05) is 62.8 Å². The van der Waals surface area contributed by atoms with Gasteiger partial charge in [0, 0.05) is 57.9 Å². The fourth-order valence-corrected chi connectivity index (χ4v) is 4.37. The van der Waals surface area contributed by atoms with E-state index in [1.54, 1.807) is 6.20 Å². The third-order valence-electron chi connectivity index (χ3n) is 5.69. The number of imide groups is 1. The molecule has 3 heterocycles. The van der Waals surface area contributed by atoms with E-state index in [4.69, 9.17) is 11.6 Å². The summed E-state index contributed by atoms with van der Waals surface area (Å²) in [5, 5.41) is 4.91. The molecule has 0 radical (unpaired) electrons. The zero-order valence-corrected chi connectivity index (χ0v) is 18.0. The number of nitrogens with zero attached hydrogens (tertiary/aromatic N) is 2. The lowest BCUT2D eigenvalue weighted by Gasteiger charge is -2.11. The standard InChI is InChI=1S/C24H21ClN4O2/c1-28(2)9-10-29-13-18(16-8-7-14(25)11-20(16)29)22-21(23(30)27-24(22)31)17-12-26-19-6-4-3-5-15(17)19/h3-8,11-13,26H,9-10H2,1-2H3,(H,27,30,31). The Bertz CT molecular complexity index is 1390. The van der Waals surface area contributed by atoms with Gasteiger partial charge < -0.3 is 14.5 Å². The van der Waals surface area contributed by atoms with Gasteiger partial charge in [-0.2, -0.15) is 0 Å². The molecule has 0 bridgehead atoms. The van der Waals surface area contributed by atoms with Crippen LogP contribution >= 0.6 is 11.6 Å². The molecule has 2 N–H and O–H groups in total. The Hall–Kier alpha value is -3.35. The maximum Gasteiger partial charge on any atom is 0.259 e. The molecule has 2 aromatic heterocycles. The van der Waals surface area contributed by atoms with Crippen molar-refractivity contribution >= 4 is 56.4 Å². The SMILES string of the molecule is CN(C)CCn1cc(C2=C(c3c[nH]c4ccccc34)C(=O)NC2=O)c2ccc(Cl)cc21. The van der Waals surface area contributed by atoms with E-state index in [-0.39, 0.29) is 11.8 Å². The number of carbonyl (C=O) groups excluding carboxylic acids is 2. The van der Waals surface area contributed by atoms with Gasteiger partial charge in [0.15, 0.2) is 0 Å². The van der Waals surface area contributed by atoms with Gasteiger partial charge in [0.25, 0.3) is 11.8 Å². The number of amides is 2. The predicted molar refractivity (Wildman–Crippen MR) is 124 cm³/mol. The fourth-order valence-electron chi connectivity index (χ4n) is 4.20. The van der Waals surface area contributed by atoms with Gasteiger partial charge in [-0.05, 0) is 32.3 Å². The van der Waals surface area contributed by atoms with E-state index in [0.717, 1.165) is 46.0 Å². The van der Waals surface area contributed by atoms with Gasteiger partial charge in [0.1, 0.15) is 0 Å². The first kappa shape index (κ1) is 19.6. The Morgan fingerprint density at radius 1 is 0.968 bits per heavy atom. The van der Waals surface area contributed by atoms with Gasteiger partial charge in [0.2, 0.25) is 0 Å². The maximum atomic E-state index is 13.0. The van der Waals surface area contributed by atoms with Gasteiger partial charge in [-0.15, -0.1) is 0 Å². The van der Waals surface area contributed by atoms with Crippen LogP contribution in [0.1, 0.15) is 11.1 Å². The molecule has 4 aromatic rings. The predicted octanol–water partition coefficient (Wildman–Crippen LogP) is 3.90. The van der Waals surface area contributed by atoms with Crippen LogP contribution in [0.5, 0.6) is 0 Å². The van der Waals surface area contributed by atoms with E-state index < -0.39 is 0 Å². The highest BCUT2D eigenvalue weighted by molar-refractivity contribution is 6.50. The molecule has 156 valence electrons. The first-order chi connectivity index (χ1) is 14.9. The molecule has 0 spiro atoms. The smallest absolute Gasteiger partial charge is 0.259 e. The molecule has 0 unspecified atom stereocenters. The first-order valence-corrected chi connectivity index (χ1v) is 10.4. The minimum absolute atomic E-state index is 0.382. The monoisotopic (exact) mass is 432 g/mol. The number of benzene rings is 2. The van der Waals surface area contributed by atoms with Crippen molar-refractivity contribution in [2.75, 3.05) is 20.6 Å². The molecule has 7 heteroatoms. The number of halogens is 1. The summed E-state index contributed by atoms with van der Waals surface area (Å²) >= 11 is 6.28. The summed E-state index contributed by atoms with van der Waals surface area (Å²) < 4.78 is 2.09. The summed E-state index contributed by atoms with van der Waals surface area (Å²) in [7, 11) is 4.03. The lowest BCUT2D eigenvalue weighted by Crippen LogP contribution is -2.22. The Morgan fingerprint density at radius 3 is 2.48 bits per heavy atom. The van der Waals surface area contributed by atoms with Crippen LogP contribution in [0.2, 0.25) is 5.02 Å². The van der Waals surface area contributed by atoms with Crippen molar-refractivity contribution in [1.82, 2.24) is 19.8 Å². The third-order valence-corrected chi connectivity index (χ3v) is 5.93. The Kier molecular flexibility index (Phi) is 4.68. The molecule has 6 nitrogen and oxygen atoms in total. The van der Waals surface area contributed by atoms with Gasteiger partial charge in [-0.1, -0.05) is 35.9 Å². The van der Waals surface area contributed by atoms with Crippen LogP contribution in [0.15, 0.2) is 54.9 Å². The number of hydrogen-bond donors (Lipinski definition) is 2. The number of likely N-dealkylation sites (N-methyl/N-ethyl adjacent to an activating group) is 1. The van der Waals surface area contributed by atoms with Gasteiger partial charge >= 0.3 is 0 Å². The number of fused-ring (bicyclic) bond motifs is 2. The van der Waals surface area contributed by atoms with E-state index in [9.17, 15) is 9.59 Å². The highest BCUT2D eigenvalue weighted by atomic mass is 35.5. The van der Waals surface area contributed by atoms with Crippen molar-refractivity contribution in [3.63, 3.8) is 0 Å². The minimum atomic E-state index is -0.383. The van der Waals surface area contributed by atoms with Crippen LogP contribution in [0, 0.1) is 0 Å². The molecule has 0 saturated heterocycles. The second-order valence-corrected chi connectivity index (χ2v) is 8.42. The van der Waals surface area contributed by atoms with Crippen molar-refractivity contribution in [2.24, 2.45) is 0 Å². The quantitative estimate of drug-likeness (QED) is 0.470. The van der Waals surface area contributed by atoms with E-state index in [1.165, 1.54) is 0 Å². The summed E-state index contributed by atoms with van der Waals surface area (Å²) in [4.78, 5) is 31.2. The third kappa shape index (κ3) is 3.24. The molecule has 2 aromatic carbocycles. The molecular weight excluding hydrogens is 412 g/mol. The first-order valence-electron chi connectivity index (χ1n) is 10.0. The summed E-state index contributed by atoms with van der Waals surface area (Å²) in [6, 6.07) is 13.4. The number of nitrogens with one attached hydrogen (secondary N) is 2. The molecule has 0 atom stereocenters. The molecule has 31 heavy (non-hydrogen) atoms. The zero-order valence-electron chi connectivity index (χ0n) is 17.2. The molecule has 0 fully saturated rings. The average molecular weight is 433 g/mol. The number of hydrogen-bond acceptors (Lipinski definition) is 3. The van der Waals surface area contributed by atoms with Crippen LogP contribution in [0.3, 0.4) is 0 Å². The van der Waals surface area contributed by atoms with Crippen LogP contribution in [0.25, 0.3) is 33.0 Å². The van der Waals surface area contributed by atoms with Crippen molar-refractivity contribution < 1.29 is 9.59 Å². The normalized spacial score (nSPS) is 14.5. The van der Waals surface area contributed by atoms with Crippen molar-refractivity contribution in [1.29, 1.82) is 0 Å². The number of para-hydroxylation sites is 1. The minimum Gasteiger partial charge on any atom is -0.361 e. The lowest BCUT2D eigenvalue weighted by molar-refractivity contribution is -0.122. The molecular formula is C24H21ClN4O2. The number of carbonyl (C=O) groups is 2. The number of aromatic nitrogens is 2. The topological polar surface area (TPSA) is 70.1 Å². The lowest BCUT2D eigenvalue weighted by atomic mass is 9.95. The number of rotatable bonds is 5. The molecule has 5 rings (SSSR count).